The summed E-state index contributed by atoms with van der Waals surface area (Å²) in [7, 11) is 1.63. The number of methoxy groups -OCH3 is 1. The van der Waals surface area contributed by atoms with Crippen molar-refractivity contribution in [3.05, 3.63) is 71.6 Å². The highest BCUT2D eigenvalue weighted by Gasteiger charge is 2.09. The molecule has 4 aromatic rings. The Morgan fingerprint density at radius 1 is 1.00 bits per heavy atom. The molecule has 124 valence electrons. The highest BCUT2D eigenvalue weighted by atomic mass is 79.9. The zero-order valence-electron chi connectivity index (χ0n) is 13.4. The third kappa shape index (κ3) is 3.21. The molecular formula is C19H14BrN3O2. The van der Waals surface area contributed by atoms with Gasteiger partial charge < -0.3 is 9.47 Å². The molecule has 0 aliphatic heterocycles. The SMILES string of the molecule is COc1cc(Oc2ccnc3ccc(Br)cc23)cc(-n2cccn2)c1. The predicted molar refractivity (Wildman–Crippen MR) is 99.6 cm³/mol. The van der Waals surface area contributed by atoms with Gasteiger partial charge in [0.15, 0.2) is 0 Å². The minimum absolute atomic E-state index is 0.664. The van der Waals surface area contributed by atoms with Gasteiger partial charge in [0, 0.05) is 46.6 Å². The van der Waals surface area contributed by atoms with Crippen molar-refractivity contribution < 1.29 is 9.47 Å². The fourth-order valence-corrected chi connectivity index (χ4v) is 2.96. The molecule has 2 aromatic heterocycles. The Kier molecular flexibility index (Phi) is 4.11. The zero-order valence-corrected chi connectivity index (χ0v) is 15.0. The van der Waals surface area contributed by atoms with Gasteiger partial charge in [-0.1, -0.05) is 15.9 Å². The van der Waals surface area contributed by atoms with Crippen molar-refractivity contribution in [3.8, 4) is 22.9 Å². The summed E-state index contributed by atoms with van der Waals surface area (Å²) < 4.78 is 14.3. The van der Waals surface area contributed by atoms with E-state index in [0.717, 1.165) is 26.8 Å². The van der Waals surface area contributed by atoms with Gasteiger partial charge in [0.05, 0.1) is 18.3 Å². The number of nitrogens with zero attached hydrogens (tertiary/aromatic N) is 3. The van der Waals surface area contributed by atoms with Crippen LogP contribution in [0.5, 0.6) is 17.2 Å². The monoisotopic (exact) mass is 395 g/mol. The number of fused-ring (bicyclic) bond motifs is 1. The normalized spacial score (nSPS) is 10.8. The topological polar surface area (TPSA) is 49.2 Å². The Balaban J connectivity index is 1.78. The van der Waals surface area contributed by atoms with E-state index in [0.29, 0.717) is 11.5 Å². The van der Waals surface area contributed by atoms with E-state index in [2.05, 4.69) is 26.0 Å². The van der Waals surface area contributed by atoms with Crippen molar-refractivity contribution in [1.29, 1.82) is 0 Å². The van der Waals surface area contributed by atoms with E-state index in [-0.39, 0.29) is 0 Å². The maximum absolute atomic E-state index is 6.15. The zero-order chi connectivity index (χ0) is 17.2. The van der Waals surface area contributed by atoms with Crippen molar-refractivity contribution in [1.82, 2.24) is 14.8 Å². The van der Waals surface area contributed by atoms with E-state index in [1.54, 1.807) is 24.2 Å². The fourth-order valence-electron chi connectivity index (χ4n) is 2.60. The van der Waals surface area contributed by atoms with E-state index in [4.69, 9.17) is 9.47 Å². The van der Waals surface area contributed by atoms with Crippen LogP contribution < -0.4 is 9.47 Å². The second kappa shape index (κ2) is 6.57. The molecule has 5 nitrogen and oxygen atoms in total. The molecule has 0 amide bonds. The van der Waals surface area contributed by atoms with Crippen molar-refractivity contribution in [2.45, 2.75) is 0 Å². The van der Waals surface area contributed by atoms with Gasteiger partial charge in [-0.05, 0) is 30.3 Å². The first kappa shape index (κ1) is 15.7. The van der Waals surface area contributed by atoms with E-state index in [1.807, 2.05) is 54.7 Å². The van der Waals surface area contributed by atoms with Gasteiger partial charge in [-0.25, -0.2) is 4.68 Å². The fraction of sp³-hybridized carbons (Fsp3) is 0.0526. The van der Waals surface area contributed by atoms with Crippen LogP contribution in [0.15, 0.2) is 71.6 Å². The van der Waals surface area contributed by atoms with Crippen LogP contribution in [0.25, 0.3) is 16.6 Å². The number of halogens is 1. The van der Waals surface area contributed by atoms with Gasteiger partial charge in [-0.3, -0.25) is 4.98 Å². The molecule has 0 unspecified atom stereocenters. The van der Waals surface area contributed by atoms with Gasteiger partial charge in [-0.15, -0.1) is 0 Å². The lowest BCUT2D eigenvalue weighted by molar-refractivity contribution is 0.409. The molecule has 4 rings (SSSR count). The molecule has 0 saturated carbocycles. The van der Waals surface area contributed by atoms with Gasteiger partial charge in [-0.2, -0.15) is 5.10 Å². The summed E-state index contributed by atoms with van der Waals surface area (Å²) in [6, 6.07) is 15.3. The number of ether oxygens (including phenoxy) is 2. The standard InChI is InChI=1S/C19H14BrN3O2/c1-24-15-10-14(23-8-2-6-22-23)11-16(12-15)25-19-5-7-21-18-4-3-13(20)9-17(18)19/h2-12H,1H3. The van der Waals surface area contributed by atoms with Gasteiger partial charge in [0.2, 0.25) is 0 Å². The van der Waals surface area contributed by atoms with Crippen LogP contribution in [0.4, 0.5) is 0 Å². The van der Waals surface area contributed by atoms with E-state index >= 15 is 0 Å². The molecule has 6 heteroatoms. The minimum Gasteiger partial charge on any atom is -0.497 e. The molecule has 25 heavy (non-hydrogen) atoms. The highest BCUT2D eigenvalue weighted by molar-refractivity contribution is 9.10. The molecule has 0 bridgehead atoms. The van der Waals surface area contributed by atoms with Crippen LogP contribution in [-0.4, -0.2) is 21.9 Å². The minimum atomic E-state index is 0.664. The first-order valence-electron chi connectivity index (χ1n) is 7.64. The van der Waals surface area contributed by atoms with Crippen LogP contribution in [-0.2, 0) is 0 Å². The van der Waals surface area contributed by atoms with E-state index < -0.39 is 0 Å². The smallest absolute Gasteiger partial charge is 0.138 e. The van der Waals surface area contributed by atoms with E-state index in [1.165, 1.54) is 0 Å². The van der Waals surface area contributed by atoms with Crippen LogP contribution in [0, 0.1) is 0 Å². The number of aromatic nitrogens is 3. The quantitative estimate of drug-likeness (QED) is 0.488. The lowest BCUT2D eigenvalue weighted by Gasteiger charge is -2.12. The largest absolute Gasteiger partial charge is 0.497 e. The molecular weight excluding hydrogens is 382 g/mol. The number of rotatable bonds is 4. The summed E-state index contributed by atoms with van der Waals surface area (Å²) >= 11 is 3.50. The molecule has 0 atom stereocenters. The number of hydrogen-bond acceptors (Lipinski definition) is 4. The third-order valence-electron chi connectivity index (χ3n) is 3.76. The van der Waals surface area contributed by atoms with Gasteiger partial charge in [0.25, 0.3) is 0 Å². The molecule has 0 spiro atoms. The predicted octanol–water partition coefficient (Wildman–Crippen LogP) is 4.98. The summed E-state index contributed by atoms with van der Waals surface area (Å²) in [5.74, 6) is 2.09. The summed E-state index contributed by atoms with van der Waals surface area (Å²) in [5, 5.41) is 5.19. The average Bonchev–Trinajstić information content (AvgIpc) is 3.17. The molecule has 0 radical (unpaired) electrons. The first-order valence-corrected chi connectivity index (χ1v) is 8.43. The van der Waals surface area contributed by atoms with Gasteiger partial charge in [0.1, 0.15) is 17.2 Å². The summed E-state index contributed by atoms with van der Waals surface area (Å²) in [6.45, 7) is 0. The number of hydrogen-bond donors (Lipinski definition) is 0. The first-order chi connectivity index (χ1) is 12.2. The van der Waals surface area contributed by atoms with Crippen molar-refractivity contribution in [2.24, 2.45) is 0 Å². The molecule has 0 aliphatic carbocycles. The van der Waals surface area contributed by atoms with Crippen LogP contribution in [0.2, 0.25) is 0 Å². The molecule has 0 N–H and O–H groups in total. The number of benzene rings is 2. The third-order valence-corrected chi connectivity index (χ3v) is 4.25. The Morgan fingerprint density at radius 3 is 2.68 bits per heavy atom. The molecule has 0 aliphatic rings. The molecule has 0 saturated heterocycles. The Bertz CT molecular complexity index is 1030. The summed E-state index contributed by atoms with van der Waals surface area (Å²) in [5.41, 5.74) is 1.73. The summed E-state index contributed by atoms with van der Waals surface area (Å²) in [6.07, 6.45) is 5.34. The van der Waals surface area contributed by atoms with Crippen LogP contribution >= 0.6 is 15.9 Å². The van der Waals surface area contributed by atoms with Crippen molar-refractivity contribution in [3.63, 3.8) is 0 Å². The second-order valence-electron chi connectivity index (χ2n) is 5.39. The Hall–Kier alpha value is -2.86. The van der Waals surface area contributed by atoms with Crippen LogP contribution in [0.1, 0.15) is 0 Å². The van der Waals surface area contributed by atoms with E-state index in [9.17, 15) is 0 Å². The number of pyridine rings is 1. The maximum Gasteiger partial charge on any atom is 0.138 e. The average molecular weight is 396 g/mol. The molecule has 2 heterocycles. The van der Waals surface area contributed by atoms with Crippen LogP contribution in [0.3, 0.4) is 0 Å². The molecule has 2 aromatic carbocycles. The van der Waals surface area contributed by atoms with Crippen molar-refractivity contribution in [2.75, 3.05) is 7.11 Å². The van der Waals surface area contributed by atoms with Crippen molar-refractivity contribution >= 4 is 26.8 Å². The Morgan fingerprint density at radius 2 is 1.88 bits per heavy atom. The lowest BCUT2D eigenvalue weighted by atomic mass is 10.2. The Labute approximate surface area is 153 Å². The second-order valence-corrected chi connectivity index (χ2v) is 6.31. The van der Waals surface area contributed by atoms with Gasteiger partial charge >= 0.3 is 0 Å². The molecule has 0 fully saturated rings. The summed E-state index contributed by atoms with van der Waals surface area (Å²) in [4.78, 5) is 4.38. The highest BCUT2D eigenvalue weighted by Crippen LogP contribution is 2.33. The lowest BCUT2D eigenvalue weighted by Crippen LogP contribution is -1.97. The maximum atomic E-state index is 6.15.